The molecule has 2 spiro atoms. The maximum absolute atomic E-state index is 13.4. The van der Waals surface area contributed by atoms with Crippen molar-refractivity contribution >= 4 is 5.97 Å². The number of benzene rings is 1. The molecule has 5 saturated carbocycles. The van der Waals surface area contributed by atoms with Crippen LogP contribution < -0.4 is 0 Å². The molecule has 6 fully saturated rings. The molecule has 1 heterocycles. The molecule has 3 unspecified atom stereocenters. The van der Waals surface area contributed by atoms with Crippen LogP contribution in [0.2, 0.25) is 0 Å². The minimum Gasteiger partial charge on any atom is -0.458 e. The molecule has 11 atom stereocenters. The number of fused-ring (bicyclic) bond motifs is 1. The number of carbonyl (C=O) groups is 1. The number of aliphatic hydroxyl groups is 2. The molecular weight excluding hydrogens is 426 g/mol. The second kappa shape index (κ2) is 6.74. The van der Waals surface area contributed by atoms with Gasteiger partial charge in [0.05, 0.1) is 17.8 Å². The lowest BCUT2D eigenvalue weighted by Crippen LogP contribution is -2.69. The zero-order chi connectivity index (χ0) is 23.6. The van der Waals surface area contributed by atoms with Crippen LogP contribution in [0.25, 0.3) is 0 Å². The van der Waals surface area contributed by atoms with Gasteiger partial charge in [0, 0.05) is 29.3 Å². The summed E-state index contributed by atoms with van der Waals surface area (Å²) in [7, 11) is 0. The van der Waals surface area contributed by atoms with Crippen molar-refractivity contribution in [2.24, 2.45) is 39.9 Å². The topological polar surface area (TPSA) is 70.0 Å². The van der Waals surface area contributed by atoms with Crippen molar-refractivity contribution < 1.29 is 19.7 Å². The van der Waals surface area contributed by atoms with E-state index in [1.54, 1.807) is 0 Å². The normalized spacial score (nSPS) is 52.5. The highest BCUT2D eigenvalue weighted by molar-refractivity contribution is 5.89. The quantitative estimate of drug-likeness (QED) is 0.529. The van der Waals surface area contributed by atoms with Gasteiger partial charge < -0.3 is 14.9 Å². The van der Waals surface area contributed by atoms with Gasteiger partial charge in [-0.25, -0.2) is 4.79 Å². The largest absolute Gasteiger partial charge is 0.458 e. The Hall–Kier alpha value is -1.69. The minimum absolute atomic E-state index is 0.00257. The van der Waals surface area contributed by atoms with Crippen LogP contribution >= 0.6 is 0 Å². The Balaban J connectivity index is 1.39. The predicted octanol–water partition coefficient (Wildman–Crippen LogP) is 3.66. The first kappa shape index (κ1) is 21.6. The summed E-state index contributed by atoms with van der Waals surface area (Å²) in [5, 5.41) is 23.0. The first-order valence-electron chi connectivity index (χ1n) is 13.3. The third kappa shape index (κ3) is 2.22. The van der Waals surface area contributed by atoms with Gasteiger partial charge in [-0.1, -0.05) is 38.6 Å². The Bertz CT molecular complexity index is 1060. The zero-order valence-electron chi connectivity index (χ0n) is 20.3. The zero-order valence-corrected chi connectivity index (χ0v) is 20.3. The molecule has 5 nitrogen and oxygen atoms in total. The molecule has 0 amide bonds. The first-order chi connectivity index (χ1) is 16.3. The van der Waals surface area contributed by atoms with Gasteiger partial charge in [0.1, 0.15) is 6.10 Å². The molecule has 7 rings (SSSR count). The number of esters is 1. The van der Waals surface area contributed by atoms with E-state index in [-0.39, 0.29) is 40.2 Å². The molecule has 2 N–H and O–H groups in total. The van der Waals surface area contributed by atoms with Crippen molar-refractivity contribution in [2.45, 2.75) is 70.3 Å². The van der Waals surface area contributed by atoms with Crippen molar-refractivity contribution in [3.8, 4) is 0 Å². The van der Waals surface area contributed by atoms with E-state index in [0.29, 0.717) is 29.9 Å². The van der Waals surface area contributed by atoms with Crippen LogP contribution in [0.3, 0.4) is 0 Å². The molecule has 5 heteroatoms. The summed E-state index contributed by atoms with van der Waals surface area (Å²) in [4.78, 5) is 16.0. The summed E-state index contributed by atoms with van der Waals surface area (Å²) < 4.78 is 6.50. The molecule has 1 aromatic rings. The molecule has 0 aromatic heterocycles. The number of nitrogens with zero attached hydrogens (tertiary/aromatic N) is 1. The average molecular weight is 464 g/mol. The third-order valence-electron chi connectivity index (χ3n) is 11.8. The molecule has 1 aromatic carbocycles. The molecule has 1 aliphatic heterocycles. The number of ether oxygens (including phenoxy) is 1. The van der Waals surface area contributed by atoms with Gasteiger partial charge >= 0.3 is 5.97 Å². The lowest BCUT2D eigenvalue weighted by Gasteiger charge is -2.65. The van der Waals surface area contributed by atoms with Crippen molar-refractivity contribution in [1.82, 2.24) is 4.90 Å². The number of rotatable bonds is 3. The highest BCUT2D eigenvalue weighted by Gasteiger charge is 2.85. The summed E-state index contributed by atoms with van der Waals surface area (Å²) in [6.07, 6.45) is 3.34. The summed E-state index contributed by atoms with van der Waals surface area (Å²) in [5.74, 6) is 0.735. The second-order valence-electron chi connectivity index (χ2n) is 12.6. The SMILES string of the molecule is C=C1[C@@H](O)[C@]23C[C@@H]1[C@@H](O)CC2[C@@]12C4[C@@H]3CC1[C@@](C)(CC[C@@H]2OC(=O)c1ccccc1)CN4CC. The number of piperidine rings is 1. The van der Waals surface area contributed by atoms with Gasteiger partial charge in [0.15, 0.2) is 0 Å². The van der Waals surface area contributed by atoms with Gasteiger partial charge in [-0.15, -0.1) is 0 Å². The van der Waals surface area contributed by atoms with Gasteiger partial charge in [-0.2, -0.15) is 0 Å². The van der Waals surface area contributed by atoms with Crippen LogP contribution in [-0.2, 0) is 4.74 Å². The van der Waals surface area contributed by atoms with Crippen LogP contribution in [0, 0.1) is 39.9 Å². The van der Waals surface area contributed by atoms with E-state index in [0.717, 1.165) is 44.3 Å². The van der Waals surface area contributed by atoms with Gasteiger partial charge in [-0.05, 0) is 79.5 Å². The van der Waals surface area contributed by atoms with E-state index in [9.17, 15) is 15.0 Å². The van der Waals surface area contributed by atoms with E-state index in [2.05, 4.69) is 25.3 Å². The van der Waals surface area contributed by atoms with Gasteiger partial charge in [0.25, 0.3) is 0 Å². The van der Waals surface area contributed by atoms with Gasteiger partial charge in [0.2, 0.25) is 0 Å². The first-order valence-corrected chi connectivity index (χ1v) is 13.3. The summed E-state index contributed by atoms with van der Waals surface area (Å²) in [6.45, 7) is 11.0. The molecule has 182 valence electrons. The Labute approximate surface area is 202 Å². The van der Waals surface area contributed by atoms with Crippen LogP contribution in [-0.4, -0.2) is 58.5 Å². The highest BCUT2D eigenvalue weighted by atomic mass is 16.5. The summed E-state index contributed by atoms with van der Waals surface area (Å²) >= 11 is 0. The number of likely N-dealkylation sites (tertiary alicyclic amines) is 1. The fourth-order valence-electron chi connectivity index (χ4n) is 10.9. The Kier molecular flexibility index (Phi) is 4.28. The van der Waals surface area contributed by atoms with Gasteiger partial charge in [-0.3, -0.25) is 4.90 Å². The number of carbonyl (C=O) groups excluding carboxylic acids is 1. The second-order valence-corrected chi connectivity index (χ2v) is 12.6. The molecule has 6 aliphatic rings. The third-order valence-corrected chi connectivity index (χ3v) is 11.8. The number of hydrogen-bond donors (Lipinski definition) is 2. The predicted molar refractivity (Wildman–Crippen MR) is 128 cm³/mol. The molecule has 7 bridgehead atoms. The lowest BCUT2D eigenvalue weighted by atomic mass is 9.43. The highest BCUT2D eigenvalue weighted by Crippen LogP contribution is 2.83. The van der Waals surface area contributed by atoms with Crippen LogP contribution in [0.1, 0.15) is 56.3 Å². The monoisotopic (exact) mass is 463 g/mol. The summed E-state index contributed by atoms with van der Waals surface area (Å²) in [5.41, 5.74) is 1.17. The Morgan fingerprint density at radius 2 is 1.97 bits per heavy atom. The number of aliphatic hydroxyl groups excluding tert-OH is 2. The summed E-state index contributed by atoms with van der Waals surface area (Å²) in [6, 6.07) is 9.64. The van der Waals surface area contributed by atoms with Crippen molar-refractivity contribution in [1.29, 1.82) is 0 Å². The molecule has 34 heavy (non-hydrogen) atoms. The maximum Gasteiger partial charge on any atom is 0.338 e. The van der Waals surface area contributed by atoms with Crippen molar-refractivity contribution in [3.63, 3.8) is 0 Å². The standard InChI is InChI=1S/C29H37NO4/c1-4-30-15-27(3)11-10-23(34-26(33)17-8-6-5-7-9-17)29-21(27)12-19(24(29)30)28-14-18(16(2)25(28)32)20(31)13-22(28)29/h5-9,18-25,31-32H,2,4,10-15H2,1,3H3/t18-,19-,20-,21?,22?,23-,24?,25+,27-,28-,29-/m0/s1. The molecular formula is C29H37NO4. The minimum atomic E-state index is -0.567. The van der Waals surface area contributed by atoms with E-state index in [1.165, 1.54) is 0 Å². The van der Waals surface area contributed by atoms with E-state index >= 15 is 0 Å². The Morgan fingerprint density at radius 3 is 2.71 bits per heavy atom. The molecule has 5 aliphatic carbocycles. The van der Waals surface area contributed by atoms with E-state index < -0.39 is 12.2 Å². The van der Waals surface area contributed by atoms with E-state index in [4.69, 9.17) is 4.74 Å². The maximum atomic E-state index is 13.4. The smallest absolute Gasteiger partial charge is 0.338 e. The fourth-order valence-corrected chi connectivity index (χ4v) is 10.9. The van der Waals surface area contributed by atoms with Crippen LogP contribution in [0.4, 0.5) is 0 Å². The van der Waals surface area contributed by atoms with Crippen molar-refractivity contribution in [3.05, 3.63) is 48.0 Å². The average Bonchev–Trinajstić information content (AvgIpc) is 3.36. The lowest BCUT2D eigenvalue weighted by molar-refractivity contribution is -0.218. The van der Waals surface area contributed by atoms with Crippen LogP contribution in [0.15, 0.2) is 42.5 Å². The molecule has 0 radical (unpaired) electrons. The molecule has 1 saturated heterocycles. The fraction of sp³-hybridized carbons (Fsp3) is 0.690. The van der Waals surface area contributed by atoms with E-state index in [1.807, 2.05) is 30.3 Å². The van der Waals surface area contributed by atoms with Crippen molar-refractivity contribution in [2.75, 3.05) is 13.1 Å². The van der Waals surface area contributed by atoms with Crippen LogP contribution in [0.5, 0.6) is 0 Å². The Morgan fingerprint density at radius 1 is 1.21 bits per heavy atom. The number of hydrogen-bond acceptors (Lipinski definition) is 5.